The van der Waals surface area contributed by atoms with E-state index >= 15 is 0 Å². The molecule has 0 aliphatic carbocycles. The van der Waals surface area contributed by atoms with Crippen LogP contribution in [0.4, 0.5) is 0 Å². The van der Waals surface area contributed by atoms with E-state index in [2.05, 4.69) is 5.32 Å². The molecule has 1 N–H and O–H groups in total. The highest BCUT2D eigenvalue weighted by Gasteiger charge is 2.28. The molecule has 0 radical (unpaired) electrons. The zero-order valence-electron chi connectivity index (χ0n) is 11.2. The molecule has 1 aromatic heterocycles. The van der Waals surface area contributed by atoms with E-state index in [1.165, 1.54) is 0 Å². The Morgan fingerprint density at radius 1 is 1.58 bits per heavy atom. The third kappa shape index (κ3) is 3.59. The SMILES string of the molecule is C[C@@H](C(=O)NCCCc1ccco1)N1CCCC1=O. The summed E-state index contributed by atoms with van der Waals surface area (Å²) in [4.78, 5) is 25.1. The number of carbonyl (C=O) groups is 2. The number of amides is 2. The Balaban J connectivity index is 1.67. The molecule has 0 spiro atoms. The molecule has 0 aromatic carbocycles. The van der Waals surface area contributed by atoms with E-state index in [1.807, 2.05) is 12.1 Å². The molecule has 2 amide bonds. The maximum Gasteiger partial charge on any atom is 0.242 e. The van der Waals surface area contributed by atoms with E-state index in [9.17, 15) is 9.59 Å². The summed E-state index contributed by atoms with van der Waals surface area (Å²) in [6.45, 7) is 3.08. The van der Waals surface area contributed by atoms with Crippen molar-refractivity contribution in [1.82, 2.24) is 10.2 Å². The summed E-state index contributed by atoms with van der Waals surface area (Å²) in [6, 6.07) is 3.42. The van der Waals surface area contributed by atoms with E-state index in [1.54, 1.807) is 18.1 Å². The molecular formula is C14H20N2O3. The second-order valence-corrected chi connectivity index (χ2v) is 4.84. The lowest BCUT2D eigenvalue weighted by Crippen LogP contribution is -2.45. The van der Waals surface area contributed by atoms with E-state index in [-0.39, 0.29) is 17.9 Å². The highest BCUT2D eigenvalue weighted by atomic mass is 16.3. The summed E-state index contributed by atoms with van der Waals surface area (Å²) < 4.78 is 5.22. The summed E-state index contributed by atoms with van der Waals surface area (Å²) in [5.74, 6) is 0.935. The van der Waals surface area contributed by atoms with Gasteiger partial charge in [-0.1, -0.05) is 0 Å². The van der Waals surface area contributed by atoms with Crippen molar-refractivity contribution >= 4 is 11.8 Å². The molecule has 1 aliphatic rings. The molecule has 1 atom stereocenters. The van der Waals surface area contributed by atoms with Gasteiger partial charge in [0.2, 0.25) is 11.8 Å². The monoisotopic (exact) mass is 264 g/mol. The summed E-state index contributed by atoms with van der Waals surface area (Å²) in [6.07, 6.45) is 4.71. The fourth-order valence-electron chi connectivity index (χ4n) is 2.30. The van der Waals surface area contributed by atoms with Crippen LogP contribution in [-0.4, -0.2) is 35.8 Å². The predicted octanol–water partition coefficient (Wildman–Crippen LogP) is 1.34. The van der Waals surface area contributed by atoms with Crippen molar-refractivity contribution in [3.63, 3.8) is 0 Å². The fraction of sp³-hybridized carbons (Fsp3) is 0.571. The molecule has 1 aliphatic heterocycles. The van der Waals surface area contributed by atoms with Crippen LogP contribution in [0.1, 0.15) is 31.9 Å². The second-order valence-electron chi connectivity index (χ2n) is 4.84. The first kappa shape index (κ1) is 13.6. The highest BCUT2D eigenvalue weighted by Crippen LogP contribution is 2.13. The van der Waals surface area contributed by atoms with Gasteiger partial charge in [-0.15, -0.1) is 0 Å². The van der Waals surface area contributed by atoms with Crippen molar-refractivity contribution in [2.75, 3.05) is 13.1 Å². The average molecular weight is 264 g/mol. The Labute approximate surface area is 113 Å². The van der Waals surface area contributed by atoms with Crippen molar-refractivity contribution in [3.8, 4) is 0 Å². The van der Waals surface area contributed by atoms with Crippen LogP contribution >= 0.6 is 0 Å². The van der Waals surface area contributed by atoms with Gasteiger partial charge in [0.05, 0.1) is 6.26 Å². The Bertz CT molecular complexity index is 428. The maximum atomic E-state index is 11.9. The Kier molecular flexibility index (Phi) is 4.60. The highest BCUT2D eigenvalue weighted by molar-refractivity contribution is 5.88. The van der Waals surface area contributed by atoms with Gasteiger partial charge >= 0.3 is 0 Å². The third-order valence-corrected chi connectivity index (χ3v) is 3.44. The van der Waals surface area contributed by atoms with Crippen molar-refractivity contribution in [1.29, 1.82) is 0 Å². The van der Waals surface area contributed by atoms with Crippen LogP contribution in [0.5, 0.6) is 0 Å². The quantitative estimate of drug-likeness (QED) is 0.789. The van der Waals surface area contributed by atoms with Crippen molar-refractivity contribution in [2.45, 2.75) is 38.6 Å². The standard InChI is InChI=1S/C14H20N2O3/c1-11(16-9-3-7-13(16)17)14(18)15-8-2-5-12-6-4-10-19-12/h4,6,10-11H,2-3,5,7-9H2,1H3,(H,15,18)/t11-/m0/s1. The first-order valence-electron chi connectivity index (χ1n) is 6.78. The zero-order valence-corrected chi connectivity index (χ0v) is 11.2. The number of nitrogens with one attached hydrogen (secondary N) is 1. The van der Waals surface area contributed by atoms with Crippen LogP contribution in [0.2, 0.25) is 0 Å². The fourth-order valence-corrected chi connectivity index (χ4v) is 2.30. The number of furan rings is 1. The average Bonchev–Trinajstić information content (AvgIpc) is 3.04. The number of carbonyl (C=O) groups excluding carboxylic acids is 2. The van der Waals surface area contributed by atoms with Crippen molar-refractivity contribution < 1.29 is 14.0 Å². The summed E-state index contributed by atoms with van der Waals surface area (Å²) in [7, 11) is 0. The number of rotatable bonds is 6. The first-order chi connectivity index (χ1) is 9.18. The lowest BCUT2D eigenvalue weighted by Gasteiger charge is -2.23. The van der Waals surface area contributed by atoms with Gasteiger partial charge in [0.25, 0.3) is 0 Å². The summed E-state index contributed by atoms with van der Waals surface area (Å²) in [5.41, 5.74) is 0. The normalized spacial score (nSPS) is 16.7. The molecule has 1 saturated heterocycles. The molecule has 2 rings (SSSR count). The van der Waals surface area contributed by atoms with Crippen LogP contribution in [0, 0.1) is 0 Å². The molecule has 1 fully saturated rings. The van der Waals surface area contributed by atoms with Gasteiger partial charge in [-0.3, -0.25) is 9.59 Å². The molecule has 0 unspecified atom stereocenters. The minimum Gasteiger partial charge on any atom is -0.469 e. The number of likely N-dealkylation sites (tertiary alicyclic amines) is 1. The minimum atomic E-state index is -0.362. The Morgan fingerprint density at radius 2 is 2.42 bits per heavy atom. The number of aryl methyl sites for hydroxylation is 1. The Hall–Kier alpha value is -1.78. The van der Waals surface area contributed by atoms with Gasteiger partial charge in [-0.05, 0) is 31.9 Å². The second kappa shape index (κ2) is 6.41. The molecule has 0 bridgehead atoms. The molecule has 1 aromatic rings. The molecular weight excluding hydrogens is 244 g/mol. The largest absolute Gasteiger partial charge is 0.469 e. The van der Waals surface area contributed by atoms with Crippen LogP contribution in [0.15, 0.2) is 22.8 Å². The van der Waals surface area contributed by atoms with Gasteiger partial charge in [0, 0.05) is 25.9 Å². The number of nitrogens with zero attached hydrogens (tertiary/aromatic N) is 1. The van der Waals surface area contributed by atoms with Gasteiger partial charge < -0.3 is 14.6 Å². The smallest absolute Gasteiger partial charge is 0.242 e. The van der Waals surface area contributed by atoms with E-state index in [4.69, 9.17) is 4.42 Å². The van der Waals surface area contributed by atoms with Gasteiger partial charge in [-0.25, -0.2) is 0 Å². The number of hydrogen-bond donors (Lipinski definition) is 1. The van der Waals surface area contributed by atoms with Crippen molar-refractivity contribution in [2.24, 2.45) is 0 Å². The van der Waals surface area contributed by atoms with E-state index in [0.717, 1.165) is 25.0 Å². The molecule has 2 heterocycles. The van der Waals surface area contributed by atoms with Crippen LogP contribution in [0.3, 0.4) is 0 Å². The van der Waals surface area contributed by atoms with E-state index in [0.29, 0.717) is 19.5 Å². The van der Waals surface area contributed by atoms with Crippen LogP contribution in [-0.2, 0) is 16.0 Å². The topological polar surface area (TPSA) is 62.6 Å². The predicted molar refractivity (Wildman–Crippen MR) is 70.4 cm³/mol. The third-order valence-electron chi connectivity index (χ3n) is 3.44. The number of hydrogen-bond acceptors (Lipinski definition) is 3. The van der Waals surface area contributed by atoms with Crippen LogP contribution in [0.25, 0.3) is 0 Å². The lowest BCUT2D eigenvalue weighted by atomic mass is 10.2. The lowest BCUT2D eigenvalue weighted by molar-refractivity contribution is -0.136. The molecule has 19 heavy (non-hydrogen) atoms. The van der Waals surface area contributed by atoms with Gasteiger partial charge in [0.1, 0.15) is 11.8 Å². The van der Waals surface area contributed by atoms with E-state index < -0.39 is 0 Å². The minimum absolute atomic E-state index is 0.0744. The molecule has 0 saturated carbocycles. The van der Waals surface area contributed by atoms with Crippen molar-refractivity contribution in [3.05, 3.63) is 24.2 Å². The van der Waals surface area contributed by atoms with Crippen LogP contribution < -0.4 is 5.32 Å². The molecule has 104 valence electrons. The molecule has 5 heteroatoms. The summed E-state index contributed by atoms with van der Waals surface area (Å²) in [5, 5.41) is 2.87. The zero-order chi connectivity index (χ0) is 13.7. The van der Waals surface area contributed by atoms with Gasteiger partial charge in [0.15, 0.2) is 0 Å². The van der Waals surface area contributed by atoms with Gasteiger partial charge in [-0.2, -0.15) is 0 Å². The maximum absolute atomic E-state index is 11.9. The molecule has 5 nitrogen and oxygen atoms in total. The summed E-state index contributed by atoms with van der Waals surface area (Å²) >= 11 is 0. The first-order valence-corrected chi connectivity index (χ1v) is 6.78. The Morgan fingerprint density at radius 3 is 3.05 bits per heavy atom.